The Balaban J connectivity index is 2.07. The van der Waals surface area contributed by atoms with Gasteiger partial charge in [-0.2, -0.15) is 0 Å². The van der Waals surface area contributed by atoms with Crippen LogP contribution in [0.4, 0.5) is 5.69 Å². The van der Waals surface area contributed by atoms with Crippen molar-refractivity contribution in [1.29, 1.82) is 0 Å². The Morgan fingerprint density at radius 1 is 0.900 bits per heavy atom. The van der Waals surface area contributed by atoms with Crippen molar-refractivity contribution in [2.45, 2.75) is 50.6 Å². The Morgan fingerprint density at radius 3 is 2.20 bits per heavy atom. The SMILES string of the molecule is CCCCNC(=O)C(CC)N(Cc1ccccc1Cl)C(=O)CN(c1ccc(Cl)cc1Cl)S(=O)(=O)c1ccccc1. The molecule has 0 saturated heterocycles. The third kappa shape index (κ3) is 7.91. The van der Waals surface area contributed by atoms with Gasteiger partial charge in [0.15, 0.2) is 0 Å². The van der Waals surface area contributed by atoms with Crippen molar-refractivity contribution in [3.8, 4) is 0 Å². The molecule has 0 saturated carbocycles. The number of benzene rings is 3. The predicted molar refractivity (Wildman–Crippen MR) is 161 cm³/mol. The lowest BCUT2D eigenvalue weighted by molar-refractivity contribution is -0.140. The minimum absolute atomic E-state index is 0.00574. The third-order valence-electron chi connectivity index (χ3n) is 6.30. The van der Waals surface area contributed by atoms with Crippen LogP contribution < -0.4 is 9.62 Å². The molecule has 1 unspecified atom stereocenters. The monoisotopic (exact) mass is 623 g/mol. The third-order valence-corrected chi connectivity index (χ3v) is 8.98. The van der Waals surface area contributed by atoms with E-state index >= 15 is 0 Å². The van der Waals surface area contributed by atoms with E-state index in [4.69, 9.17) is 34.8 Å². The number of hydrogen-bond donors (Lipinski definition) is 1. The van der Waals surface area contributed by atoms with E-state index in [1.807, 2.05) is 6.92 Å². The topological polar surface area (TPSA) is 86.8 Å². The summed E-state index contributed by atoms with van der Waals surface area (Å²) in [4.78, 5) is 28.6. The molecular formula is C29H32Cl3N3O4S. The molecule has 0 aromatic heterocycles. The predicted octanol–water partition coefficient (Wildman–Crippen LogP) is 6.57. The van der Waals surface area contributed by atoms with Gasteiger partial charge in [0.25, 0.3) is 10.0 Å². The fraction of sp³-hybridized carbons (Fsp3) is 0.310. The van der Waals surface area contributed by atoms with Crippen LogP contribution >= 0.6 is 34.8 Å². The highest BCUT2D eigenvalue weighted by Crippen LogP contribution is 2.33. The molecule has 0 aliphatic carbocycles. The van der Waals surface area contributed by atoms with Crippen LogP contribution in [-0.4, -0.2) is 44.3 Å². The number of carbonyl (C=O) groups is 2. The zero-order valence-corrected chi connectivity index (χ0v) is 25.4. The highest BCUT2D eigenvalue weighted by atomic mass is 35.5. The molecule has 0 spiro atoms. The van der Waals surface area contributed by atoms with Crippen molar-refractivity contribution in [1.82, 2.24) is 10.2 Å². The number of unbranched alkanes of at least 4 members (excludes halogenated alkanes) is 1. The fourth-order valence-corrected chi connectivity index (χ4v) is 6.36. The van der Waals surface area contributed by atoms with E-state index in [9.17, 15) is 18.0 Å². The molecule has 3 aromatic rings. The lowest BCUT2D eigenvalue weighted by atomic mass is 10.1. The molecule has 2 amide bonds. The minimum Gasteiger partial charge on any atom is -0.354 e. The van der Waals surface area contributed by atoms with Crippen LogP contribution in [0.25, 0.3) is 0 Å². The molecular weight excluding hydrogens is 593 g/mol. The van der Waals surface area contributed by atoms with E-state index in [1.165, 1.54) is 35.2 Å². The van der Waals surface area contributed by atoms with Crippen LogP contribution in [0.3, 0.4) is 0 Å². The minimum atomic E-state index is -4.24. The number of sulfonamides is 1. The summed E-state index contributed by atoms with van der Waals surface area (Å²) in [5.41, 5.74) is 0.709. The molecule has 0 aliphatic heterocycles. The largest absolute Gasteiger partial charge is 0.354 e. The molecule has 0 fully saturated rings. The van der Waals surface area contributed by atoms with Crippen LogP contribution in [-0.2, 0) is 26.2 Å². The van der Waals surface area contributed by atoms with Gasteiger partial charge < -0.3 is 10.2 Å². The van der Waals surface area contributed by atoms with Gasteiger partial charge in [0, 0.05) is 23.1 Å². The number of carbonyl (C=O) groups excluding carboxylic acids is 2. The lowest BCUT2D eigenvalue weighted by Gasteiger charge is -2.33. The van der Waals surface area contributed by atoms with Crippen molar-refractivity contribution in [2.24, 2.45) is 0 Å². The van der Waals surface area contributed by atoms with Crippen molar-refractivity contribution < 1.29 is 18.0 Å². The molecule has 3 rings (SSSR count). The zero-order chi connectivity index (χ0) is 29.3. The first-order chi connectivity index (χ1) is 19.1. The summed E-state index contributed by atoms with van der Waals surface area (Å²) in [6, 6.07) is 18.3. The Kier molecular flexibility index (Phi) is 11.7. The Hall–Kier alpha value is -2.78. The fourth-order valence-electron chi connectivity index (χ4n) is 4.15. The number of nitrogens with zero attached hydrogens (tertiary/aromatic N) is 2. The highest BCUT2D eigenvalue weighted by Gasteiger charge is 2.34. The second-order valence-corrected chi connectivity index (χ2v) is 12.2. The second kappa shape index (κ2) is 14.7. The van der Waals surface area contributed by atoms with E-state index in [1.54, 1.807) is 49.4 Å². The number of hydrogen-bond acceptors (Lipinski definition) is 4. The molecule has 0 aliphatic rings. The molecule has 0 bridgehead atoms. The van der Waals surface area contributed by atoms with Gasteiger partial charge in [-0.1, -0.05) is 91.5 Å². The van der Waals surface area contributed by atoms with Crippen LogP contribution in [0, 0.1) is 0 Å². The number of anilines is 1. The van der Waals surface area contributed by atoms with Crippen molar-refractivity contribution in [3.05, 3.63) is 93.4 Å². The summed E-state index contributed by atoms with van der Waals surface area (Å²) in [6.45, 7) is 3.67. The van der Waals surface area contributed by atoms with Gasteiger partial charge >= 0.3 is 0 Å². The maximum Gasteiger partial charge on any atom is 0.264 e. The summed E-state index contributed by atoms with van der Waals surface area (Å²) < 4.78 is 28.7. The van der Waals surface area contributed by atoms with Gasteiger partial charge in [0.2, 0.25) is 11.8 Å². The Bertz CT molecular complexity index is 1420. The zero-order valence-electron chi connectivity index (χ0n) is 22.3. The maximum absolute atomic E-state index is 14.1. The van der Waals surface area contributed by atoms with Crippen molar-refractivity contribution >= 4 is 62.3 Å². The second-order valence-electron chi connectivity index (χ2n) is 9.10. The summed E-state index contributed by atoms with van der Waals surface area (Å²) in [5.74, 6) is -0.915. The molecule has 1 atom stereocenters. The average molecular weight is 625 g/mol. The summed E-state index contributed by atoms with van der Waals surface area (Å²) >= 11 is 18.9. The van der Waals surface area contributed by atoms with E-state index < -0.39 is 28.5 Å². The standard InChI is InChI=1S/C29H32Cl3N3O4S/c1-3-5-17-33-29(37)26(4-2)34(19-21-11-9-10-14-24(21)31)28(36)20-35(27-16-15-22(30)18-25(27)32)40(38,39)23-12-7-6-8-13-23/h6-16,18,26H,3-5,17,19-20H2,1-2H3,(H,33,37). The lowest BCUT2D eigenvalue weighted by Crippen LogP contribution is -2.52. The molecule has 1 N–H and O–H groups in total. The molecule has 40 heavy (non-hydrogen) atoms. The summed E-state index contributed by atoms with van der Waals surface area (Å²) in [7, 11) is -4.24. The number of amides is 2. The van der Waals surface area contributed by atoms with Gasteiger partial charge in [-0.05, 0) is 54.8 Å². The first-order valence-corrected chi connectivity index (χ1v) is 15.5. The molecule has 7 nitrogen and oxygen atoms in total. The summed E-state index contributed by atoms with van der Waals surface area (Å²) in [6.07, 6.45) is 1.99. The molecule has 0 radical (unpaired) electrons. The van der Waals surface area contributed by atoms with Gasteiger partial charge in [-0.25, -0.2) is 8.42 Å². The molecule has 214 valence electrons. The quantitative estimate of drug-likeness (QED) is 0.218. The van der Waals surface area contributed by atoms with E-state index in [2.05, 4.69) is 5.32 Å². The van der Waals surface area contributed by atoms with Gasteiger partial charge in [0.1, 0.15) is 12.6 Å². The van der Waals surface area contributed by atoms with E-state index in [-0.39, 0.29) is 28.1 Å². The van der Waals surface area contributed by atoms with E-state index in [0.717, 1.165) is 17.1 Å². The van der Waals surface area contributed by atoms with Gasteiger partial charge in [-0.15, -0.1) is 0 Å². The smallest absolute Gasteiger partial charge is 0.264 e. The Labute approximate surface area is 251 Å². The van der Waals surface area contributed by atoms with E-state index in [0.29, 0.717) is 28.6 Å². The molecule has 3 aromatic carbocycles. The molecule has 0 heterocycles. The van der Waals surface area contributed by atoms with Crippen LogP contribution in [0.15, 0.2) is 77.7 Å². The highest BCUT2D eigenvalue weighted by molar-refractivity contribution is 7.92. The first kappa shape index (κ1) is 31.7. The number of halogens is 3. The van der Waals surface area contributed by atoms with Crippen molar-refractivity contribution in [3.63, 3.8) is 0 Å². The molecule has 11 heteroatoms. The number of nitrogens with one attached hydrogen (secondary N) is 1. The van der Waals surface area contributed by atoms with Gasteiger partial charge in [-0.3, -0.25) is 13.9 Å². The summed E-state index contributed by atoms with van der Waals surface area (Å²) in [5, 5.41) is 3.69. The normalized spacial score (nSPS) is 12.0. The van der Waals surface area contributed by atoms with Crippen LogP contribution in [0.5, 0.6) is 0 Å². The van der Waals surface area contributed by atoms with Crippen LogP contribution in [0.1, 0.15) is 38.7 Å². The maximum atomic E-state index is 14.1. The van der Waals surface area contributed by atoms with Crippen LogP contribution in [0.2, 0.25) is 15.1 Å². The van der Waals surface area contributed by atoms with Crippen molar-refractivity contribution in [2.75, 3.05) is 17.4 Å². The average Bonchev–Trinajstić information content (AvgIpc) is 2.93. The van der Waals surface area contributed by atoms with Gasteiger partial charge in [0.05, 0.1) is 15.6 Å². The number of rotatable bonds is 13. The Morgan fingerprint density at radius 2 is 1.57 bits per heavy atom. The first-order valence-electron chi connectivity index (χ1n) is 12.9.